The van der Waals surface area contributed by atoms with Crippen molar-refractivity contribution in [3.05, 3.63) is 23.7 Å². The number of aryl methyl sites for hydroxylation is 1. The summed E-state index contributed by atoms with van der Waals surface area (Å²) in [5, 5.41) is 9.21. The topological polar surface area (TPSA) is 40.2 Å². The molecule has 0 saturated carbocycles. The Labute approximate surface area is 109 Å². The summed E-state index contributed by atoms with van der Waals surface area (Å²) in [6.45, 7) is 6.98. The fourth-order valence-corrected chi connectivity index (χ4v) is 2.68. The smallest absolute Gasteiger partial charge is 0.118 e. The Kier molecular flexibility index (Phi) is 4.08. The molecule has 0 aliphatic carbocycles. The zero-order chi connectivity index (χ0) is 13.0. The molecule has 1 fully saturated rings. The largest absolute Gasteiger partial charge is 0.465 e. The Morgan fingerprint density at radius 1 is 1.44 bits per heavy atom. The van der Waals surface area contributed by atoms with E-state index in [9.17, 15) is 5.26 Å². The summed E-state index contributed by atoms with van der Waals surface area (Å²) >= 11 is 0. The van der Waals surface area contributed by atoms with Crippen LogP contribution in [0.5, 0.6) is 0 Å². The summed E-state index contributed by atoms with van der Waals surface area (Å²) in [5.74, 6) is 2.10. The fourth-order valence-electron chi connectivity index (χ4n) is 2.68. The average molecular weight is 246 g/mol. The second-order valence-corrected chi connectivity index (χ2v) is 5.60. The van der Waals surface area contributed by atoms with Gasteiger partial charge in [-0.1, -0.05) is 6.92 Å². The van der Waals surface area contributed by atoms with E-state index in [0.717, 1.165) is 56.8 Å². The molecular weight excluding hydrogens is 224 g/mol. The normalized spacial score (nSPS) is 24.9. The minimum Gasteiger partial charge on any atom is -0.465 e. The van der Waals surface area contributed by atoms with Crippen molar-refractivity contribution in [3.63, 3.8) is 0 Å². The van der Waals surface area contributed by atoms with Gasteiger partial charge < -0.3 is 4.42 Å². The van der Waals surface area contributed by atoms with Crippen molar-refractivity contribution in [1.82, 2.24) is 4.90 Å². The molecule has 1 saturated heterocycles. The predicted molar refractivity (Wildman–Crippen MR) is 70.9 cm³/mol. The van der Waals surface area contributed by atoms with E-state index in [1.807, 2.05) is 0 Å². The summed E-state index contributed by atoms with van der Waals surface area (Å²) < 4.78 is 5.80. The maximum Gasteiger partial charge on any atom is 0.118 e. The Balaban J connectivity index is 1.94. The molecule has 3 heteroatoms. The van der Waals surface area contributed by atoms with Crippen molar-refractivity contribution < 1.29 is 4.42 Å². The monoisotopic (exact) mass is 246 g/mol. The molecule has 18 heavy (non-hydrogen) atoms. The highest BCUT2D eigenvalue weighted by Gasteiger charge is 2.31. The van der Waals surface area contributed by atoms with E-state index in [-0.39, 0.29) is 5.41 Å². The van der Waals surface area contributed by atoms with Gasteiger partial charge in [-0.15, -0.1) is 0 Å². The van der Waals surface area contributed by atoms with Crippen LogP contribution < -0.4 is 0 Å². The highest BCUT2D eigenvalue weighted by atomic mass is 16.3. The molecule has 0 bridgehead atoms. The van der Waals surface area contributed by atoms with Crippen LogP contribution in [0.3, 0.4) is 0 Å². The fraction of sp³-hybridized carbons (Fsp3) is 0.667. The zero-order valence-corrected chi connectivity index (χ0v) is 11.4. The van der Waals surface area contributed by atoms with Gasteiger partial charge in [-0.3, -0.25) is 4.90 Å². The summed E-state index contributed by atoms with van der Waals surface area (Å²) in [6.07, 6.45) is 4.24. The highest BCUT2D eigenvalue weighted by Crippen LogP contribution is 2.29. The van der Waals surface area contributed by atoms with Crippen molar-refractivity contribution in [3.8, 4) is 6.07 Å². The molecule has 0 amide bonds. The lowest BCUT2D eigenvalue weighted by Gasteiger charge is -2.35. The van der Waals surface area contributed by atoms with E-state index >= 15 is 0 Å². The van der Waals surface area contributed by atoms with Gasteiger partial charge in [0, 0.05) is 13.0 Å². The van der Waals surface area contributed by atoms with Gasteiger partial charge in [0.15, 0.2) is 0 Å². The Morgan fingerprint density at radius 3 is 2.94 bits per heavy atom. The number of hydrogen-bond donors (Lipinski definition) is 0. The SMILES string of the molecule is CCCc1ccc(CN2CCC[C@@](C)(C#N)C2)o1. The lowest BCUT2D eigenvalue weighted by molar-refractivity contribution is 0.128. The van der Waals surface area contributed by atoms with Crippen LogP contribution in [0.25, 0.3) is 0 Å². The molecular formula is C15H22N2O. The summed E-state index contributed by atoms with van der Waals surface area (Å²) in [6, 6.07) is 6.60. The van der Waals surface area contributed by atoms with Crippen LogP contribution in [-0.4, -0.2) is 18.0 Å². The van der Waals surface area contributed by atoms with Crippen molar-refractivity contribution in [2.45, 2.75) is 46.1 Å². The molecule has 1 aromatic heterocycles. The first-order valence-corrected chi connectivity index (χ1v) is 6.86. The first-order valence-electron chi connectivity index (χ1n) is 6.86. The Hall–Kier alpha value is -1.27. The predicted octanol–water partition coefficient (Wildman–Crippen LogP) is 3.36. The van der Waals surface area contributed by atoms with Crippen LogP contribution >= 0.6 is 0 Å². The lowest BCUT2D eigenvalue weighted by atomic mass is 9.83. The van der Waals surface area contributed by atoms with Crippen molar-refractivity contribution >= 4 is 0 Å². The van der Waals surface area contributed by atoms with E-state index in [2.05, 4.69) is 36.9 Å². The third-order valence-corrected chi connectivity index (χ3v) is 3.64. The molecule has 0 aromatic carbocycles. The third kappa shape index (κ3) is 3.14. The molecule has 1 aliphatic heterocycles. The summed E-state index contributed by atoms with van der Waals surface area (Å²) in [4.78, 5) is 2.33. The standard InChI is InChI=1S/C15H22N2O/c1-3-5-13-6-7-14(18-13)10-17-9-4-8-15(2,11-16)12-17/h6-7H,3-5,8-10,12H2,1-2H3/t15-/m0/s1. The molecule has 98 valence electrons. The lowest BCUT2D eigenvalue weighted by Crippen LogP contribution is -2.40. The van der Waals surface area contributed by atoms with Crippen LogP contribution in [0.1, 0.15) is 44.6 Å². The maximum absolute atomic E-state index is 9.21. The van der Waals surface area contributed by atoms with Crippen LogP contribution in [-0.2, 0) is 13.0 Å². The quantitative estimate of drug-likeness (QED) is 0.818. The van der Waals surface area contributed by atoms with Gasteiger partial charge in [-0.25, -0.2) is 0 Å². The molecule has 1 aliphatic rings. The van der Waals surface area contributed by atoms with Gasteiger partial charge >= 0.3 is 0 Å². The van der Waals surface area contributed by atoms with Crippen LogP contribution in [0.15, 0.2) is 16.5 Å². The Morgan fingerprint density at radius 2 is 2.22 bits per heavy atom. The maximum atomic E-state index is 9.21. The van der Waals surface area contributed by atoms with Gasteiger partial charge in [0.1, 0.15) is 11.5 Å². The van der Waals surface area contributed by atoms with Crippen molar-refractivity contribution in [2.24, 2.45) is 5.41 Å². The number of nitrogens with zero attached hydrogens (tertiary/aromatic N) is 2. The van der Waals surface area contributed by atoms with E-state index in [1.54, 1.807) is 0 Å². The Bertz CT molecular complexity index is 432. The number of hydrogen-bond acceptors (Lipinski definition) is 3. The molecule has 0 spiro atoms. The molecule has 0 N–H and O–H groups in total. The zero-order valence-electron chi connectivity index (χ0n) is 11.4. The van der Waals surface area contributed by atoms with E-state index in [0.29, 0.717) is 0 Å². The first-order chi connectivity index (χ1) is 8.65. The molecule has 2 rings (SSSR count). The third-order valence-electron chi connectivity index (χ3n) is 3.64. The average Bonchev–Trinajstić information content (AvgIpc) is 2.77. The van der Waals surface area contributed by atoms with Crippen molar-refractivity contribution in [2.75, 3.05) is 13.1 Å². The second kappa shape index (κ2) is 5.58. The minimum atomic E-state index is -0.183. The summed E-state index contributed by atoms with van der Waals surface area (Å²) in [7, 11) is 0. The first kappa shape index (κ1) is 13.2. The number of nitriles is 1. The number of likely N-dealkylation sites (tertiary alicyclic amines) is 1. The number of rotatable bonds is 4. The molecule has 0 radical (unpaired) electrons. The molecule has 3 nitrogen and oxygen atoms in total. The van der Waals surface area contributed by atoms with Gasteiger partial charge in [0.2, 0.25) is 0 Å². The number of piperidine rings is 1. The van der Waals surface area contributed by atoms with Gasteiger partial charge in [0.05, 0.1) is 18.0 Å². The van der Waals surface area contributed by atoms with Crippen molar-refractivity contribution in [1.29, 1.82) is 5.26 Å². The molecule has 2 heterocycles. The van der Waals surface area contributed by atoms with Crippen LogP contribution in [0, 0.1) is 16.7 Å². The van der Waals surface area contributed by atoms with Crippen LogP contribution in [0.2, 0.25) is 0 Å². The van der Waals surface area contributed by atoms with E-state index in [1.165, 1.54) is 0 Å². The van der Waals surface area contributed by atoms with Gasteiger partial charge in [-0.2, -0.15) is 5.26 Å². The molecule has 1 atom stereocenters. The van der Waals surface area contributed by atoms with Gasteiger partial charge in [-0.05, 0) is 44.9 Å². The van der Waals surface area contributed by atoms with E-state index < -0.39 is 0 Å². The van der Waals surface area contributed by atoms with Crippen LogP contribution in [0.4, 0.5) is 0 Å². The summed E-state index contributed by atoms with van der Waals surface area (Å²) in [5.41, 5.74) is -0.183. The molecule has 1 aromatic rings. The highest BCUT2D eigenvalue weighted by molar-refractivity contribution is 5.08. The van der Waals surface area contributed by atoms with Gasteiger partial charge in [0.25, 0.3) is 0 Å². The molecule has 0 unspecified atom stereocenters. The number of furan rings is 1. The minimum absolute atomic E-state index is 0.183. The van der Waals surface area contributed by atoms with E-state index in [4.69, 9.17) is 4.42 Å². The second-order valence-electron chi connectivity index (χ2n) is 5.60.